The number of anilines is 2. The van der Waals surface area contributed by atoms with Crippen LogP contribution in [0.5, 0.6) is 5.75 Å². The molecule has 3 heterocycles. The van der Waals surface area contributed by atoms with Crippen molar-refractivity contribution in [3.8, 4) is 5.75 Å². The smallest absolute Gasteiger partial charge is 0.139 e. The summed E-state index contributed by atoms with van der Waals surface area (Å²) in [6.45, 7) is 0. The van der Waals surface area contributed by atoms with Gasteiger partial charge in [0.25, 0.3) is 0 Å². The molecule has 2 aliphatic rings. The Kier molecular flexibility index (Phi) is 4.36. The van der Waals surface area contributed by atoms with Gasteiger partial charge in [0.2, 0.25) is 0 Å². The highest BCUT2D eigenvalue weighted by atomic mass is 32.2. The maximum absolute atomic E-state index is 5.34. The molecule has 1 fully saturated rings. The summed E-state index contributed by atoms with van der Waals surface area (Å²) in [5.74, 6) is 1.94. The van der Waals surface area contributed by atoms with E-state index < -0.39 is 0 Å². The molecule has 5 rings (SSSR count). The van der Waals surface area contributed by atoms with Crippen LogP contribution in [0, 0.1) is 0 Å². The van der Waals surface area contributed by atoms with Crippen LogP contribution in [0.4, 0.5) is 11.5 Å². The highest BCUT2D eigenvalue weighted by Gasteiger charge is 2.45. The Morgan fingerprint density at radius 1 is 1.00 bits per heavy atom. The number of methoxy groups -OCH3 is 1. The van der Waals surface area contributed by atoms with Gasteiger partial charge in [-0.3, -0.25) is 0 Å². The highest BCUT2D eigenvalue weighted by Crippen LogP contribution is 2.51. The number of aromatic nitrogens is 2. The van der Waals surface area contributed by atoms with Gasteiger partial charge in [-0.15, -0.1) is 0 Å². The summed E-state index contributed by atoms with van der Waals surface area (Å²) in [5.41, 5.74) is 2.45. The lowest BCUT2D eigenvalue weighted by Gasteiger charge is -2.43. The molecule has 0 unspecified atom stereocenters. The monoisotopic (exact) mass is 390 g/mol. The van der Waals surface area contributed by atoms with Crippen molar-refractivity contribution in [2.45, 2.75) is 35.0 Å². The van der Waals surface area contributed by atoms with Gasteiger partial charge in [-0.05, 0) is 49.2 Å². The van der Waals surface area contributed by atoms with E-state index >= 15 is 0 Å². The summed E-state index contributed by atoms with van der Waals surface area (Å²) in [7, 11) is 3.85. The number of benzene rings is 2. The van der Waals surface area contributed by atoms with Gasteiger partial charge in [0.15, 0.2) is 0 Å². The second-order valence-electron chi connectivity index (χ2n) is 7.12. The van der Waals surface area contributed by atoms with E-state index in [0.29, 0.717) is 6.17 Å². The van der Waals surface area contributed by atoms with Crippen LogP contribution >= 0.6 is 11.8 Å². The molecule has 0 aliphatic carbocycles. The molecule has 5 nitrogen and oxygen atoms in total. The van der Waals surface area contributed by atoms with E-state index in [0.717, 1.165) is 29.4 Å². The maximum Gasteiger partial charge on any atom is 0.139 e. The first kappa shape index (κ1) is 17.4. The Morgan fingerprint density at radius 3 is 2.54 bits per heavy atom. The van der Waals surface area contributed by atoms with E-state index in [2.05, 4.69) is 63.2 Å². The van der Waals surface area contributed by atoms with Crippen LogP contribution in [0.15, 0.2) is 70.8 Å². The minimum absolute atomic E-state index is 0.289. The molecule has 6 heteroatoms. The largest absolute Gasteiger partial charge is 0.497 e. The van der Waals surface area contributed by atoms with Crippen molar-refractivity contribution in [2.24, 2.45) is 0 Å². The maximum atomic E-state index is 5.34. The second kappa shape index (κ2) is 7.02. The van der Waals surface area contributed by atoms with Gasteiger partial charge >= 0.3 is 0 Å². The van der Waals surface area contributed by atoms with Crippen molar-refractivity contribution >= 4 is 23.3 Å². The third-order valence-electron chi connectivity index (χ3n) is 5.62. The molecule has 0 saturated carbocycles. The minimum Gasteiger partial charge on any atom is -0.497 e. The van der Waals surface area contributed by atoms with Crippen molar-refractivity contribution in [2.75, 3.05) is 24.0 Å². The summed E-state index contributed by atoms with van der Waals surface area (Å²) in [6.07, 6.45) is 4.22. The summed E-state index contributed by atoms with van der Waals surface area (Å²) < 4.78 is 5.34. The third-order valence-corrected chi connectivity index (χ3v) is 6.65. The molecular formula is C22H22N4OS. The average Bonchev–Trinajstić information content (AvgIpc) is 3.12. The summed E-state index contributed by atoms with van der Waals surface area (Å²) >= 11 is 1.72. The number of hydrogen-bond acceptors (Lipinski definition) is 6. The van der Waals surface area contributed by atoms with Crippen LogP contribution in [-0.2, 0) is 0 Å². The van der Waals surface area contributed by atoms with Crippen LogP contribution in [0.1, 0.15) is 24.4 Å². The molecule has 2 aromatic carbocycles. The SMILES string of the molecule is COc1ccc(N2[C@@H]3CC[C@H]2c2c(Sc4ccccc4)ncnc2N3C)cc1. The van der Waals surface area contributed by atoms with Crippen molar-refractivity contribution in [3.05, 3.63) is 66.5 Å². The molecule has 1 saturated heterocycles. The Labute approximate surface area is 169 Å². The highest BCUT2D eigenvalue weighted by molar-refractivity contribution is 7.99. The lowest BCUT2D eigenvalue weighted by molar-refractivity contribution is 0.414. The Hall–Kier alpha value is -2.73. The van der Waals surface area contributed by atoms with E-state index in [9.17, 15) is 0 Å². The fourth-order valence-corrected chi connectivity index (χ4v) is 5.28. The zero-order chi connectivity index (χ0) is 19.1. The number of ether oxygens (including phenoxy) is 1. The lowest BCUT2D eigenvalue weighted by Crippen LogP contribution is -2.48. The molecule has 2 aliphatic heterocycles. The van der Waals surface area contributed by atoms with Crippen LogP contribution in [0.2, 0.25) is 0 Å². The van der Waals surface area contributed by atoms with E-state index in [1.54, 1.807) is 25.2 Å². The van der Waals surface area contributed by atoms with E-state index in [1.807, 2.05) is 18.2 Å². The van der Waals surface area contributed by atoms with Gasteiger partial charge in [-0.25, -0.2) is 9.97 Å². The van der Waals surface area contributed by atoms with E-state index in [1.165, 1.54) is 16.1 Å². The van der Waals surface area contributed by atoms with Gasteiger partial charge in [0.05, 0.1) is 13.2 Å². The Bertz CT molecular complexity index is 980. The topological polar surface area (TPSA) is 41.5 Å². The molecule has 3 aromatic rings. The number of hydrogen-bond donors (Lipinski definition) is 0. The van der Waals surface area contributed by atoms with Gasteiger partial charge in [-0.2, -0.15) is 0 Å². The fourth-order valence-electron chi connectivity index (χ4n) is 4.33. The zero-order valence-corrected chi connectivity index (χ0v) is 16.8. The quantitative estimate of drug-likeness (QED) is 0.599. The predicted molar refractivity (Wildman–Crippen MR) is 112 cm³/mol. The fraction of sp³-hybridized carbons (Fsp3) is 0.273. The lowest BCUT2D eigenvalue weighted by atomic mass is 10.1. The van der Waals surface area contributed by atoms with E-state index in [-0.39, 0.29) is 6.04 Å². The molecule has 0 spiro atoms. The number of rotatable bonds is 4. The summed E-state index contributed by atoms with van der Waals surface area (Å²) in [6, 6.07) is 19.1. The molecule has 142 valence electrons. The van der Waals surface area contributed by atoms with Gasteiger partial charge in [-0.1, -0.05) is 30.0 Å². The van der Waals surface area contributed by atoms with Crippen molar-refractivity contribution in [3.63, 3.8) is 0 Å². The van der Waals surface area contributed by atoms with Crippen LogP contribution in [0.3, 0.4) is 0 Å². The summed E-state index contributed by atoms with van der Waals surface area (Å²) in [5, 5.41) is 1.05. The Balaban J connectivity index is 1.57. The van der Waals surface area contributed by atoms with Crippen molar-refractivity contribution < 1.29 is 4.74 Å². The first-order chi connectivity index (χ1) is 13.8. The number of nitrogens with zero attached hydrogens (tertiary/aromatic N) is 4. The number of fused-ring (bicyclic) bond motifs is 4. The molecular weight excluding hydrogens is 368 g/mol. The predicted octanol–water partition coefficient (Wildman–Crippen LogP) is 4.75. The van der Waals surface area contributed by atoms with E-state index in [4.69, 9.17) is 4.74 Å². The molecule has 2 bridgehead atoms. The second-order valence-corrected chi connectivity index (χ2v) is 8.18. The third kappa shape index (κ3) is 2.79. The molecule has 2 atom stereocenters. The van der Waals surface area contributed by atoms with Gasteiger partial charge in [0.1, 0.15) is 29.1 Å². The van der Waals surface area contributed by atoms with Gasteiger partial charge < -0.3 is 14.5 Å². The standard InChI is InChI=1S/C22H22N4OS/c1-25-19-13-12-18(26(19)15-8-10-16(27-2)11-9-15)20-21(25)23-14-24-22(20)28-17-6-4-3-5-7-17/h3-11,14,18-19H,12-13H2,1-2H3/t18-,19+/m0/s1. The summed E-state index contributed by atoms with van der Waals surface area (Å²) in [4.78, 5) is 15.3. The van der Waals surface area contributed by atoms with Crippen LogP contribution in [0.25, 0.3) is 0 Å². The average molecular weight is 391 g/mol. The molecule has 28 heavy (non-hydrogen) atoms. The Morgan fingerprint density at radius 2 is 1.79 bits per heavy atom. The van der Waals surface area contributed by atoms with Crippen molar-refractivity contribution in [1.82, 2.24) is 9.97 Å². The van der Waals surface area contributed by atoms with Crippen molar-refractivity contribution in [1.29, 1.82) is 0 Å². The minimum atomic E-state index is 0.289. The first-order valence-corrected chi connectivity index (χ1v) is 10.3. The van der Waals surface area contributed by atoms with Crippen LogP contribution in [-0.4, -0.2) is 30.3 Å². The molecule has 1 aromatic heterocycles. The van der Waals surface area contributed by atoms with Gasteiger partial charge in [0, 0.05) is 23.2 Å². The zero-order valence-electron chi connectivity index (χ0n) is 15.9. The normalized spacial score (nSPS) is 20.2. The molecule has 0 radical (unpaired) electrons. The molecule has 0 amide bonds. The first-order valence-electron chi connectivity index (χ1n) is 9.49. The molecule has 0 N–H and O–H groups in total. The van der Waals surface area contributed by atoms with Crippen LogP contribution < -0.4 is 14.5 Å².